The first-order valence-corrected chi connectivity index (χ1v) is 4.43. The second kappa shape index (κ2) is 3.50. The molecule has 0 aromatic heterocycles. The highest BCUT2D eigenvalue weighted by molar-refractivity contribution is 9.10. The van der Waals surface area contributed by atoms with Crippen molar-refractivity contribution >= 4 is 28.6 Å². The zero-order chi connectivity index (χ0) is 8.43. The maximum atomic E-state index is 5.10. The van der Waals surface area contributed by atoms with Crippen molar-refractivity contribution < 1.29 is 4.74 Å². The zero-order valence-electron chi connectivity index (χ0n) is 6.39. The first-order chi connectivity index (χ1) is 5.16. The van der Waals surface area contributed by atoms with Crippen LogP contribution in [0.25, 0.3) is 0 Å². The van der Waals surface area contributed by atoms with Crippen molar-refractivity contribution in [2.75, 3.05) is 7.11 Å². The molecule has 0 aliphatic heterocycles. The summed E-state index contributed by atoms with van der Waals surface area (Å²) in [4.78, 5) is 0.970. The number of hydrogen-bond donors (Lipinski definition) is 1. The molecule has 0 bridgehead atoms. The van der Waals surface area contributed by atoms with Gasteiger partial charge in [0.15, 0.2) is 0 Å². The smallest absolute Gasteiger partial charge is 0.133 e. The topological polar surface area (TPSA) is 9.23 Å². The Morgan fingerprint density at radius 1 is 1.45 bits per heavy atom. The molecule has 0 fully saturated rings. The number of benzene rings is 1. The van der Waals surface area contributed by atoms with Crippen molar-refractivity contribution in [1.29, 1.82) is 0 Å². The van der Waals surface area contributed by atoms with Crippen LogP contribution in [0.2, 0.25) is 0 Å². The van der Waals surface area contributed by atoms with Crippen LogP contribution in [0, 0.1) is 6.92 Å². The van der Waals surface area contributed by atoms with E-state index < -0.39 is 0 Å². The van der Waals surface area contributed by atoms with E-state index in [0.29, 0.717) is 0 Å². The third-order valence-corrected chi connectivity index (χ3v) is 3.01. The van der Waals surface area contributed by atoms with Gasteiger partial charge in [-0.15, -0.1) is 12.6 Å². The normalized spacial score (nSPS) is 9.82. The summed E-state index contributed by atoms with van der Waals surface area (Å²) in [5.41, 5.74) is 1.10. The lowest BCUT2D eigenvalue weighted by molar-refractivity contribution is 0.411. The number of hydrogen-bond acceptors (Lipinski definition) is 2. The number of halogens is 1. The Labute approximate surface area is 80.3 Å². The number of rotatable bonds is 1. The van der Waals surface area contributed by atoms with Crippen LogP contribution in [-0.4, -0.2) is 7.11 Å². The lowest BCUT2D eigenvalue weighted by Crippen LogP contribution is -1.87. The average molecular weight is 233 g/mol. The van der Waals surface area contributed by atoms with E-state index >= 15 is 0 Å². The maximum absolute atomic E-state index is 5.10. The van der Waals surface area contributed by atoms with Gasteiger partial charge in [0.25, 0.3) is 0 Å². The Hall–Kier alpha value is -0.150. The molecule has 0 spiro atoms. The van der Waals surface area contributed by atoms with E-state index in [9.17, 15) is 0 Å². The fourth-order valence-electron chi connectivity index (χ4n) is 0.808. The summed E-state index contributed by atoms with van der Waals surface area (Å²) < 4.78 is 6.08. The highest BCUT2D eigenvalue weighted by atomic mass is 79.9. The molecule has 0 saturated heterocycles. The van der Waals surface area contributed by atoms with Crippen molar-refractivity contribution in [3.8, 4) is 5.75 Å². The lowest BCUT2D eigenvalue weighted by atomic mass is 10.2. The Balaban J connectivity index is 3.25. The zero-order valence-corrected chi connectivity index (χ0v) is 8.87. The van der Waals surface area contributed by atoms with Gasteiger partial charge in [-0.1, -0.05) is 0 Å². The number of ether oxygens (including phenoxy) is 1. The van der Waals surface area contributed by atoms with E-state index in [1.54, 1.807) is 7.11 Å². The molecular weight excluding hydrogens is 224 g/mol. The van der Waals surface area contributed by atoms with Crippen LogP contribution in [0.4, 0.5) is 0 Å². The second-order valence-electron chi connectivity index (χ2n) is 2.23. The van der Waals surface area contributed by atoms with Crippen LogP contribution in [0.3, 0.4) is 0 Å². The first kappa shape index (κ1) is 8.94. The summed E-state index contributed by atoms with van der Waals surface area (Å²) in [7, 11) is 1.65. The molecule has 1 rings (SSSR count). The molecular formula is C8H9BrOS. The molecule has 0 radical (unpaired) electrons. The van der Waals surface area contributed by atoms with E-state index in [1.807, 2.05) is 19.1 Å². The number of methoxy groups -OCH3 is 1. The van der Waals surface area contributed by atoms with E-state index in [0.717, 1.165) is 20.7 Å². The molecule has 1 aromatic rings. The second-order valence-corrected chi connectivity index (χ2v) is 3.50. The van der Waals surface area contributed by atoms with Crippen molar-refractivity contribution in [2.24, 2.45) is 0 Å². The van der Waals surface area contributed by atoms with Gasteiger partial charge in [0, 0.05) is 4.90 Å². The van der Waals surface area contributed by atoms with Crippen molar-refractivity contribution in [2.45, 2.75) is 11.8 Å². The largest absolute Gasteiger partial charge is 0.496 e. The maximum Gasteiger partial charge on any atom is 0.133 e. The summed E-state index contributed by atoms with van der Waals surface area (Å²) >= 11 is 7.69. The molecule has 0 atom stereocenters. The molecule has 0 amide bonds. The first-order valence-electron chi connectivity index (χ1n) is 3.19. The summed E-state index contributed by atoms with van der Waals surface area (Å²) in [6, 6.07) is 3.81. The Kier molecular flexibility index (Phi) is 2.84. The summed E-state index contributed by atoms with van der Waals surface area (Å²) in [6.07, 6.45) is 0. The van der Waals surface area contributed by atoms with Gasteiger partial charge in [0.1, 0.15) is 5.75 Å². The van der Waals surface area contributed by atoms with Crippen LogP contribution in [0.5, 0.6) is 5.75 Å². The average Bonchev–Trinajstić information content (AvgIpc) is 2.01. The Morgan fingerprint density at radius 2 is 2.09 bits per heavy atom. The molecule has 60 valence electrons. The molecule has 0 heterocycles. The monoisotopic (exact) mass is 232 g/mol. The van der Waals surface area contributed by atoms with Gasteiger partial charge < -0.3 is 4.74 Å². The minimum atomic E-state index is 0.848. The molecule has 0 saturated carbocycles. The summed E-state index contributed by atoms with van der Waals surface area (Å²) in [5.74, 6) is 0.848. The number of thiol groups is 1. The van der Waals surface area contributed by atoms with E-state index in [1.165, 1.54) is 0 Å². The quantitative estimate of drug-likeness (QED) is 0.733. The Bertz CT molecular complexity index is 273. The predicted molar refractivity (Wildman–Crippen MR) is 52.7 cm³/mol. The van der Waals surface area contributed by atoms with Gasteiger partial charge in [0.05, 0.1) is 11.6 Å². The molecule has 3 heteroatoms. The molecule has 1 nitrogen and oxygen atoms in total. The van der Waals surface area contributed by atoms with E-state index in [-0.39, 0.29) is 0 Å². The van der Waals surface area contributed by atoms with Crippen LogP contribution in [0.1, 0.15) is 5.56 Å². The minimum Gasteiger partial charge on any atom is -0.496 e. The van der Waals surface area contributed by atoms with Crippen LogP contribution in [0.15, 0.2) is 21.5 Å². The van der Waals surface area contributed by atoms with Gasteiger partial charge >= 0.3 is 0 Å². The fourth-order valence-corrected chi connectivity index (χ4v) is 1.65. The highest BCUT2D eigenvalue weighted by Gasteiger charge is 2.04. The molecule has 0 aliphatic rings. The van der Waals surface area contributed by atoms with Gasteiger partial charge in [-0.25, -0.2) is 0 Å². The highest BCUT2D eigenvalue weighted by Crippen LogP contribution is 2.31. The van der Waals surface area contributed by atoms with Crippen LogP contribution in [-0.2, 0) is 0 Å². The third-order valence-electron chi connectivity index (χ3n) is 1.54. The molecule has 11 heavy (non-hydrogen) atoms. The summed E-state index contributed by atoms with van der Waals surface area (Å²) in [6.45, 7) is 1.99. The predicted octanol–water partition coefficient (Wildman–Crippen LogP) is 3.05. The van der Waals surface area contributed by atoms with Crippen LogP contribution < -0.4 is 4.74 Å². The summed E-state index contributed by atoms with van der Waals surface area (Å²) in [5, 5.41) is 0. The van der Waals surface area contributed by atoms with Crippen molar-refractivity contribution in [3.63, 3.8) is 0 Å². The van der Waals surface area contributed by atoms with E-state index in [2.05, 4.69) is 28.6 Å². The minimum absolute atomic E-state index is 0.848. The third kappa shape index (κ3) is 1.71. The molecule has 0 N–H and O–H groups in total. The SMILES string of the molecule is COc1ccc(S)c(C)c1Br. The standard InChI is InChI=1S/C8H9BrOS/c1-5-7(11)4-3-6(10-2)8(5)9/h3-4,11H,1-2H3. The fraction of sp³-hybridized carbons (Fsp3) is 0.250. The van der Waals surface area contributed by atoms with Crippen molar-refractivity contribution in [1.82, 2.24) is 0 Å². The lowest BCUT2D eigenvalue weighted by Gasteiger charge is -2.06. The Morgan fingerprint density at radius 3 is 2.64 bits per heavy atom. The van der Waals surface area contributed by atoms with Gasteiger partial charge in [0.2, 0.25) is 0 Å². The molecule has 1 aromatic carbocycles. The van der Waals surface area contributed by atoms with Gasteiger partial charge in [-0.3, -0.25) is 0 Å². The van der Waals surface area contributed by atoms with E-state index in [4.69, 9.17) is 4.74 Å². The molecule has 0 unspecified atom stereocenters. The van der Waals surface area contributed by atoms with Gasteiger partial charge in [-0.2, -0.15) is 0 Å². The molecule has 0 aliphatic carbocycles. The van der Waals surface area contributed by atoms with Crippen molar-refractivity contribution in [3.05, 3.63) is 22.2 Å². The van der Waals surface area contributed by atoms with Gasteiger partial charge in [-0.05, 0) is 40.5 Å². The van der Waals surface area contributed by atoms with Crippen LogP contribution >= 0.6 is 28.6 Å².